The molecule has 0 saturated heterocycles. The summed E-state index contributed by atoms with van der Waals surface area (Å²) in [5.74, 6) is 0.519. The number of rotatable bonds is 4. The van der Waals surface area contributed by atoms with Gasteiger partial charge in [0, 0.05) is 29.0 Å². The van der Waals surface area contributed by atoms with Gasteiger partial charge in [-0.1, -0.05) is 0 Å². The third-order valence-corrected chi connectivity index (χ3v) is 2.56. The monoisotopic (exact) mass is 300 g/mol. The van der Waals surface area contributed by atoms with Gasteiger partial charge in [0.1, 0.15) is 5.75 Å². The summed E-state index contributed by atoms with van der Waals surface area (Å²) in [5.41, 5.74) is 7.32. The molecule has 2 aromatic rings. The number of azo groups is 1. The van der Waals surface area contributed by atoms with Crippen molar-refractivity contribution in [3.8, 4) is 5.75 Å². The molecule has 2 N–H and O–H groups in total. The number of benzene rings is 2. The Bertz CT molecular complexity index is 697. The van der Waals surface area contributed by atoms with Crippen LogP contribution >= 0.6 is 0 Å². The van der Waals surface area contributed by atoms with Gasteiger partial charge in [0.25, 0.3) is 5.69 Å². The molecular weight excluding hydrogens is 288 g/mol. The largest absolute Gasteiger partial charge is 0.495 e. The second kappa shape index (κ2) is 7.91. The first-order chi connectivity index (χ1) is 10.6. The van der Waals surface area contributed by atoms with Crippen LogP contribution in [0, 0.1) is 20.9 Å². The normalized spacial score (nSPS) is 9.77. The molecule has 0 atom stereocenters. The van der Waals surface area contributed by atoms with Crippen molar-refractivity contribution in [3.63, 3.8) is 0 Å². The quantitative estimate of drug-likeness (QED) is 0.299. The third-order valence-electron chi connectivity index (χ3n) is 2.56. The van der Waals surface area contributed by atoms with Gasteiger partial charge in [0.15, 0.2) is 0 Å². The van der Waals surface area contributed by atoms with Crippen molar-refractivity contribution in [1.29, 1.82) is 10.8 Å². The topological polar surface area (TPSA) is 151 Å². The number of nitrogens with zero attached hydrogens (tertiary/aromatic N) is 5. The smallest absolute Gasteiger partial charge is 0.269 e. The molecule has 0 amide bonds. The molecule has 112 valence electrons. The molecule has 22 heavy (non-hydrogen) atoms. The number of nitrogens with two attached hydrogens (primary N) is 1. The van der Waals surface area contributed by atoms with E-state index in [9.17, 15) is 10.1 Å². The third kappa shape index (κ3) is 4.24. The van der Waals surface area contributed by atoms with Crippen molar-refractivity contribution >= 4 is 22.7 Å². The lowest BCUT2D eigenvalue weighted by Crippen LogP contribution is -1.90. The number of ether oxygens (including phenoxy) is 1. The number of hydrogen-bond acceptors (Lipinski definition) is 8. The van der Waals surface area contributed by atoms with E-state index in [2.05, 4.69) is 10.2 Å². The predicted molar refractivity (Wildman–Crippen MR) is 78.1 cm³/mol. The Kier molecular flexibility index (Phi) is 5.94. The highest BCUT2D eigenvalue weighted by atomic mass is 16.6. The number of nitro groups is 1. The maximum Gasteiger partial charge on any atom is 0.269 e. The van der Waals surface area contributed by atoms with Crippen LogP contribution in [0.3, 0.4) is 0 Å². The van der Waals surface area contributed by atoms with E-state index in [1.165, 1.54) is 31.4 Å². The minimum Gasteiger partial charge on any atom is -0.495 e. The summed E-state index contributed by atoms with van der Waals surface area (Å²) in [5, 5.41) is 30.5. The average Bonchev–Trinajstić information content (AvgIpc) is 2.56. The number of nitro benzene ring substituents is 1. The van der Waals surface area contributed by atoms with Gasteiger partial charge in [0.2, 0.25) is 0 Å². The van der Waals surface area contributed by atoms with Crippen LogP contribution in [0.15, 0.2) is 52.7 Å². The number of nitrogen functional groups attached to an aromatic ring is 1. The van der Waals surface area contributed by atoms with E-state index in [1.807, 2.05) is 0 Å². The standard InChI is InChI=1S/C13H12N4O3.N2/c1-20-13-8-10(4-7-12(13)14)16-15-9-2-5-11(6-3-9)17(18)19;1-2/h2-8H,14H2,1H3;. The highest BCUT2D eigenvalue weighted by Crippen LogP contribution is 2.28. The van der Waals surface area contributed by atoms with E-state index in [0.717, 1.165) is 0 Å². The zero-order valence-electron chi connectivity index (χ0n) is 11.6. The van der Waals surface area contributed by atoms with Crippen LogP contribution in [0.1, 0.15) is 0 Å². The van der Waals surface area contributed by atoms with Crippen molar-refractivity contribution in [2.45, 2.75) is 0 Å². The summed E-state index contributed by atoms with van der Waals surface area (Å²) in [7, 11) is 1.52. The van der Waals surface area contributed by atoms with Gasteiger partial charge in [-0.25, -0.2) is 0 Å². The minimum absolute atomic E-state index is 0.0121. The summed E-state index contributed by atoms with van der Waals surface area (Å²) in [6.45, 7) is 0. The van der Waals surface area contributed by atoms with E-state index >= 15 is 0 Å². The molecule has 0 aromatic heterocycles. The summed E-state index contributed by atoms with van der Waals surface area (Å²) in [4.78, 5) is 10.1. The average molecular weight is 300 g/mol. The van der Waals surface area contributed by atoms with Crippen molar-refractivity contribution < 1.29 is 9.66 Å². The molecule has 0 aliphatic heterocycles. The number of methoxy groups -OCH3 is 1. The molecule has 0 spiro atoms. The van der Waals surface area contributed by atoms with Crippen molar-refractivity contribution in [2.75, 3.05) is 12.8 Å². The summed E-state index contributed by atoms with van der Waals surface area (Å²) in [6, 6.07) is 10.8. The van der Waals surface area contributed by atoms with Gasteiger partial charge >= 0.3 is 0 Å². The molecule has 0 aliphatic carbocycles. The van der Waals surface area contributed by atoms with Crippen molar-refractivity contribution in [1.82, 2.24) is 0 Å². The molecule has 0 radical (unpaired) electrons. The molecule has 0 saturated carbocycles. The van der Waals surface area contributed by atoms with Crippen LogP contribution < -0.4 is 10.5 Å². The molecular formula is C13H12N6O3. The van der Waals surface area contributed by atoms with E-state index in [4.69, 9.17) is 21.3 Å². The van der Waals surface area contributed by atoms with Crippen LogP contribution in [-0.4, -0.2) is 12.0 Å². The first-order valence-electron chi connectivity index (χ1n) is 5.90. The Morgan fingerprint density at radius 3 is 2.18 bits per heavy atom. The van der Waals surface area contributed by atoms with Crippen molar-refractivity contribution in [3.05, 3.63) is 52.6 Å². The van der Waals surface area contributed by atoms with Crippen LogP contribution in [0.5, 0.6) is 5.75 Å². The highest BCUT2D eigenvalue weighted by molar-refractivity contribution is 5.59. The van der Waals surface area contributed by atoms with E-state index in [0.29, 0.717) is 22.8 Å². The molecule has 0 heterocycles. The lowest BCUT2D eigenvalue weighted by atomic mass is 10.2. The molecule has 0 unspecified atom stereocenters. The number of non-ortho nitro benzene ring substituents is 1. The first-order valence-corrected chi connectivity index (χ1v) is 5.90. The lowest BCUT2D eigenvalue weighted by Gasteiger charge is -2.03. The minimum atomic E-state index is -0.467. The molecule has 9 nitrogen and oxygen atoms in total. The van der Waals surface area contributed by atoms with Crippen LogP contribution in [0.2, 0.25) is 0 Å². The van der Waals surface area contributed by atoms with E-state index < -0.39 is 4.92 Å². The first kappa shape index (κ1) is 16.5. The molecule has 2 rings (SSSR count). The summed E-state index contributed by atoms with van der Waals surface area (Å²) < 4.78 is 5.08. The fourth-order valence-corrected chi connectivity index (χ4v) is 1.52. The van der Waals surface area contributed by atoms with Crippen molar-refractivity contribution in [2.24, 2.45) is 10.2 Å². The van der Waals surface area contributed by atoms with Gasteiger partial charge < -0.3 is 10.5 Å². The summed E-state index contributed by atoms with van der Waals surface area (Å²) in [6.07, 6.45) is 0. The Hall–Kier alpha value is -3.54. The number of anilines is 1. The van der Waals surface area contributed by atoms with Crippen LogP contribution in [0.4, 0.5) is 22.7 Å². The maximum atomic E-state index is 10.5. The lowest BCUT2D eigenvalue weighted by molar-refractivity contribution is -0.384. The van der Waals surface area contributed by atoms with Gasteiger partial charge in [-0.05, 0) is 24.3 Å². The Labute approximate surface area is 125 Å². The molecule has 0 aliphatic rings. The summed E-state index contributed by atoms with van der Waals surface area (Å²) >= 11 is 0. The predicted octanol–water partition coefficient (Wildman–Crippen LogP) is 3.63. The highest BCUT2D eigenvalue weighted by Gasteiger charge is 2.03. The van der Waals surface area contributed by atoms with Gasteiger partial charge in [-0.3, -0.25) is 10.1 Å². The second-order valence-electron chi connectivity index (χ2n) is 3.90. The Morgan fingerprint density at radius 1 is 1.09 bits per heavy atom. The zero-order chi connectivity index (χ0) is 16.5. The van der Waals surface area contributed by atoms with Gasteiger partial charge in [-0.15, -0.1) is 0 Å². The van der Waals surface area contributed by atoms with Crippen LogP contribution in [-0.2, 0) is 0 Å². The zero-order valence-corrected chi connectivity index (χ0v) is 11.6. The van der Waals surface area contributed by atoms with Gasteiger partial charge in [-0.2, -0.15) is 10.2 Å². The second-order valence-corrected chi connectivity index (χ2v) is 3.90. The van der Waals surface area contributed by atoms with E-state index in [-0.39, 0.29) is 5.69 Å². The fraction of sp³-hybridized carbons (Fsp3) is 0.0769. The van der Waals surface area contributed by atoms with Crippen LogP contribution in [0.25, 0.3) is 0 Å². The Balaban J connectivity index is 0.00000116. The number of hydrogen-bond donors (Lipinski definition) is 1. The van der Waals surface area contributed by atoms with Gasteiger partial charge in [0.05, 0.1) is 29.1 Å². The molecule has 9 heteroatoms. The maximum absolute atomic E-state index is 10.5. The fourth-order valence-electron chi connectivity index (χ4n) is 1.52. The molecule has 0 fully saturated rings. The molecule has 2 aromatic carbocycles. The molecule has 0 bridgehead atoms. The van der Waals surface area contributed by atoms with E-state index in [1.54, 1.807) is 18.2 Å². The Morgan fingerprint density at radius 2 is 1.64 bits per heavy atom. The SMILES string of the molecule is COc1cc(N=Nc2ccc([N+](=O)[O-])cc2)ccc1N.N#N.